The van der Waals surface area contributed by atoms with Gasteiger partial charge in [-0.05, 0) is 87.7 Å². The van der Waals surface area contributed by atoms with Crippen LogP contribution in [0.1, 0.15) is 75.7 Å². The van der Waals surface area contributed by atoms with Gasteiger partial charge in [0.1, 0.15) is 16.8 Å². The van der Waals surface area contributed by atoms with Gasteiger partial charge in [0.2, 0.25) is 5.91 Å². The van der Waals surface area contributed by atoms with Crippen molar-refractivity contribution in [3.63, 3.8) is 0 Å². The lowest BCUT2D eigenvalue weighted by Crippen LogP contribution is -2.52. The Hall–Kier alpha value is -2.41. The molecule has 1 aliphatic rings. The zero-order valence-electron chi connectivity index (χ0n) is 28.4. The van der Waals surface area contributed by atoms with Gasteiger partial charge < -0.3 is 34.2 Å². The summed E-state index contributed by atoms with van der Waals surface area (Å²) in [6, 6.07) is 0.0303. The molecule has 0 aliphatic carbocycles. The van der Waals surface area contributed by atoms with E-state index in [-0.39, 0.29) is 57.8 Å². The van der Waals surface area contributed by atoms with E-state index in [4.69, 9.17) is 14.2 Å². The minimum atomic E-state index is -0.718. The van der Waals surface area contributed by atoms with Crippen molar-refractivity contribution in [1.82, 2.24) is 24.9 Å². The summed E-state index contributed by atoms with van der Waals surface area (Å²) in [6.07, 6.45) is 1.36. The van der Waals surface area contributed by atoms with E-state index in [2.05, 4.69) is 5.32 Å². The summed E-state index contributed by atoms with van der Waals surface area (Å²) >= 11 is 1.73. The van der Waals surface area contributed by atoms with Crippen molar-refractivity contribution >= 4 is 35.9 Å². The summed E-state index contributed by atoms with van der Waals surface area (Å²) in [5.74, 6) is 0.825. The molecule has 12 nitrogen and oxygen atoms in total. The summed E-state index contributed by atoms with van der Waals surface area (Å²) in [7, 11) is 0. The highest BCUT2D eigenvalue weighted by molar-refractivity contribution is 7.98. The molecule has 1 saturated heterocycles. The van der Waals surface area contributed by atoms with E-state index in [1.807, 2.05) is 18.1 Å². The highest BCUT2D eigenvalue weighted by atomic mass is 32.2. The second-order valence-electron chi connectivity index (χ2n) is 13.9. The molecule has 0 aromatic carbocycles. The van der Waals surface area contributed by atoms with E-state index in [9.17, 15) is 19.2 Å². The predicted octanol–water partition coefficient (Wildman–Crippen LogP) is 4.27. The molecule has 0 saturated carbocycles. The van der Waals surface area contributed by atoms with Gasteiger partial charge in [-0.15, -0.1) is 0 Å². The first-order valence-electron chi connectivity index (χ1n) is 15.1. The minimum absolute atomic E-state index is 0.0303. The molecule has 4 amide bonds. The Labute approximate surface area is 263 Å². The van der Waals surface area contributed by atoms with Crippen molar-refractivity contribution in [2.24, 2.45) is 0 Å². The van der Waals surface area contributed by atoms with Gasteiger partial charge in [0.25, 0.3) is 0 Å². The Morgan fingerprint density at radius 1 is 0.651 bits per heavy atom. The van der Waals surface area contributed by atoms with E-state index >= 15 is 0 Å². The van der Waals surface area contributed by atoms with Crippen molar-refractivity contribution < 1.29 is 33.4 Å². The number of hydrogen-bond acceptors (Lipinski definition) is 9. The molecular formula is C30H57N5O7S. The van der Waals surface area contributed by atoms with Crippen molar-refractivity contribution in [2.75, 3.05) is 70.9 Å². The van der Waals surface area contributed by atoms with Crippen molar-refractivity contribution in [2.45, 2.75) is 98.5 Å². The molecule has 13 heteroatoms. The largest absolute Gasteiger partial charge is 0.444 e. The molecule has 1 aliphatic heterocycles. The summed E-state index contributed by atoms with van der Waals surface area (Å²) in [5.41, 5.74) is -2.12. The fourth-order valence-electron chi connectivity index (χ4n) is 4.03. The minimum Gasteiger partial charge on any atom is -0.444 e. The SMILES string of the molecule is CSCCC(C)NC(=O)CN1CCN(C(=O)OC(C)(C)C)CCN(C(=O)OC(C)(C)C)CCN(C(=O)OC(C)(C)C)CC1. The third kappa shape index (κ3) is 17.5. The number of thioether (sulfide) groups is 1. The standard InChI is InChI=1S/C30H57N5O7S/c1-23(12-21-43-11)31-24(36)22-32-13-15-33(25(37)40-28(2,3)4)17-19-35(27(39)42-30(8,9)10)20-18-34(16-14-32)26(38)41-29(5,6)7/h23H,12-22H2,1-11H3,(H,31,36). The van der Waals surface area contributed by atoms with Crippen LogP contribution in [0, 0.1) is 0 Å². The lowest BCUT2D eigenvalue weighted by molar-refractivity contribution is -0.123. The van der Waals surface area contributed by atoms with Crippen LogP contribution in [-0.4, -0.2) is 138 Å². The quantitative estimate of drug-likeness (QED) is 0.429. The van der Waals surface area contributed by atoms with Gasteiger partial charge in [0.15, 0.2) is 0 Å². The third-order valence-corrected chi connectivity index (χ3v) is 6.78. The Morgan fingerprint density at radius 3 is 1.28 bits per heavy atom. The van der Waals surface area contributed by atoms with Gasteiger partial charge in [0.05, 0.1) is 6.54 Å². The van der Waals surface area contributed by atoms with Gasteiger partial charge in [-0.1, -0.05) is 0 Å². The highest BCUT2D eigenvalue weighted by Crippen LogP contribution is 2.15. The molecule has 1 atom stereocenters. The van der Waals surface area contributed by atoms with Gasteiger partial charge in [0, 0.05) is 58.4 Å². The molecule has 1 heterocycles. The third-order valence-electron chi connectivity index (χ3n) is 6.14. The maximum Gasteiger partial charge on any atom is 0.410 e. The number of ether oxygens (including phenoxy) is 3. The number of amides is 4. The average molecular weight is 632 g/mol. The summed E-state index contributed by atoms with van der Waals surface area (Å²) < 4.78 is 17.0. The molecule has 0 spiro atoms. The Balaban J connectivity index is 3.28. The van der Waals surface area contributed by atoms with Gasteiger partial charge in [-0.3, -0.25) is 9.69 Å². The van der Waals surface area contributed by atoms with E-state index in [0.717, 1.165) is 12.2 Å². The molecule has 1 rings (SSSR count). The first-order chi connectivity index (χ1) is 19.7. The molecule has 1 N–H and O–H groups in total. The van der Waals surface area contributed by atoms with Crippen molar-refractivity contribution in [3.8, 4) is 0 Å². The van der Waals surface area contributed by atoms with Gasteiger partial charge in [-0.2, -0.15) is 11.8 Å². The normalized spacial score (nSPS) is 17.3. The van der Waals surface area contributed by atoms with Crippen LogP contribution < -0.4 is 5.32 Å². The van der Waals surface area contributed by atoms with Crippen LogP contribution in [0.2, 0.25) is 0 Å². The van der Waals surface area contributed by atoms with Crippen LogP contribution in [0.25, 0.3) is 0 Å². The molecule has 1 unspecified atom stereocenters. The molecule has 1 fully saturated rings. The number of hydrogen-bond donors (Lipinski definition) is 1. The van der Waals surface area contributed by atoms with Crippen LogP contribution in [0.3, 0.4) is 0 Å². The van der Waals surface area contributed by atoms with Gasteiger partial charge >= 0.3 is 18.3 Å². The van der Waals surface area contributed by atoms with Crippen LogP contribution in [0.15, 0.2) is 0 Å². The number of rotatable bonds is 6. The van der Waals surface area contributed by atoms with E-state index in [1.54, 1.807) is 83.9 Å². The number of nitrogens with one attached hydrogen (secondary N) is 1. The summed E-state index contributed by atoms with van der Waals surface area (Å²) in [4.78, 5) is 59.0. The molecule has 0 bridgehead atoms. The molecular weight excluding hydrogens is 574 g/mol. The second-order valence-corrected chi connectivity index (χ2v) is 14.9. The maximum atomic E-state index is 13.2. The highest BCUT2D eigenvalue weighted by Gasteiger charge is 2.30. The maximum absolute atomic E-state index is 13.2. The zero-order valence-corrected chi connectivity index (χ0v) is 29.2. The average Bonchev–Trinajstić information content (AvgIpc) is 2.80. The van der Waals surface area contributed by atoms with E-state index in [0.29, 0.717) is 13.1 Å². The summed E-state index contributed by atoms with van der Waals surface area (Å²) in [6.45, 7) is 20.2. The molecule has 0 radical (unpaired) electrons. The fourth-order valence-corrected chi connectivity index (χ4v) is 4.62. The van der Waals surface area contributed by atoms with Gasteiger partial charge in [-0.25, -0.2) is 14.4 Å². The van der Waals surface area contributed by atoms with E-state index < -0.39 is 35.1 Å². The van der Waals surface area contributed by atoms with Crippen LogP contribution in [0.5, 0.6) is 0 Å². The fraction of sp³-hybridized carbons (Fsp3) is 0.867. The van der Waals surface area contributed by atoms with E-state index in [1.165, 1.54) is 4.90 Å². The number of nitrogens with zero attached hydrogens (tertiary/aromatic N) is 4. The zero-order chi connectivity index (χ0) is 33.0. The van der Waals surface area contributed by atoms with Crippen molar-refractivity contribution in [3.05, 3.63) is 0 Å². The molecule has 43 heavy (non-hydrogen) atoms. The molecule has 0 aromatic rings. The first-order valence-corrected chi connectivity index (χ1v) is 16.5. The lowest BCUT2D eigenvalue weighted by Gasteiger charge is -2.35. The first kappa shape index (κ1) is 38.6. The Bertz CT molecular complexity index is 870. The Morgan fingerprint density at radius 2 is 0.977 bits per heavy atom. The predicted molar refractivity (Wildman–Crippen MR) is 170 cm³/mol. The molecule has 0 aromatic heterocycles. The smallest absolute Gasteiger partial charge is 0.410 e. The number of carbonyl (C=O) groups is 4. The van der Waals surface area contributed by atoms with Crippen LogP contribution >= 0.6 is 11.8 Å². The lowest BCUT2D eigenvalue weighted by atomic mass is 10.2. The van der Waals surface area contributed by atoms with Crippen molar-refractivity contribution in [1.29, 1.82) is 0 Å². The topological polar surface area (TPSA) is 121 Å². The monoisotopic (exact) mass is 631 g/mol. The number of carbonyl (C=O) groups excluding carboxylic acids is 4. The second kappa shape index (κ2) is 17.2. The van der Waals surface area contributed by atoms with Crippen LogP contribution in [-0.2, 0) is 19.0 Å². The summed E-state index contributed by atoms with van der Waals surface area (Å²) in [5, 5.41) is 3.05. The molecule has 250 valence electrons. The Kier molecular flexibility index (Phi) is 15.4. The van der Waals surface area contributed by atoms with Crippen LogP contribution in [0.4, 0.5) is 14.4 Å².